The van der Waals surface area contributed by atoms with E-state index in [1.165, 1.54) is 0 Å². The van der Waals surface area contributed by atoms with Gasteiger partial charge in [0.15, 0.2) is 0 Å². The summed E-state index contributed by atoms with van der Waals surface area (Å²) in [5.41, 5.74) is 2.38. The van der Waals surface area contributed by atoms with E-state index in [9.17, 15) is 9.90 Å². The average Bonchev–Trinajstić information content (AvgIpc) is 3.01. The summed E-state index contributed by atoms with van der Waals surface area (Å²) >= 11 is 1.59. The first-order chi connectivity index (χ1) is 9.51. The van der Waals surface area contributed by atoms with Crippen LogP contribution in [0.2, 0.25) is 0 Å². The Hall–Kier alpha value is -1.66. The van der Waals surface area contributed by atoms with Crippen molar-refractivity contribution in [2.75, 3.05) is 6.54 Å². The van der Waals surface area contributed by atoms with Crippen LogP contribution >= 0.6 is 11.3 Å². The third-order valence-electron chi connectivity index (χ3n) is 3.12. The van der Waals surface area contributed by atoms with Crippen molar-refractivity contribution in [1.29, 1.82) is 0 Å². The molecule has 2 N–H and O–H groups in total. The number of nitrogens with one attached hydrogen (secondary N) is 1. The molecule has 0 aliphatic heterocycles. The number of aromatic nitrogens is 2. The summed E-state index contributed by atoms with van der Waals surface area (Å²) in [6.07, 6.45) is 2.01. The summed E-state index contributed by atoms with van der Waals surface area (Å²) in [7, 11) is 1.83. The molecule has 0 fully saturated rings. The van der Waals surface area contributed by atoms with E-state index in [2.05, 4.69) is 10.3 Å². The molecule has 0 radical (unpaired) electrons. The van der Waals surface area contributed by atoms with Crippen LogP contribution in [0.5, 0.6) is 0 Å². The number of hydrogen-bond donors (Lipinski definition) is 2. The van der Waals surface area contributed by atoms with E-state index in [1.807, 2.05) is 38.5 Å². The molecule has 0 saturated carbocycles. The minimum atomic E-state index is -0.500. The van der Waals surface area contributed by atoms with Crippen LogP contribution in [-0.4, -0.2) is 33.2 Å². The van der Waals surface area contributed by atoms with Crippen molar-refractivity contribution < 1.29 is 9.90 Å². The van der Waals surface area contributed by atoms with E-state index >= 15 is 0 Å². The number of amides is 1. The van der Waals surface area contributed by atoms with E-state index in [4.69, 9.17) is 0 Å². The number of aliphatic hydroxyl groups is 1. The number of rotatable bonds is 5. The third-order valence-corrected chi connectivity index (χ3v) is 3.90. The number of aryl methyl sites for hydroxylation is 2. The first-order valence-corrected chi connectivity index (χ1v) is 7.44. The summed E-state index contributed by atoms with van der Waals surface area (Å²) in [4.78, 5) is 16.5. The molecular weight excluding hydrogens is 274 g/mol. The molecule has 1 atom stereocenters. The number of carbonyl (C=O) groups excluding carboxylic acids is 1. The van der Waals surface area contributed by atoms with Crippen LogP contribution in [-0.2, 0) is 7.05 Å². The smallest absolute Gasteiger partial charge is 0.268 e. The second-order valence-electron chi connectivity index (χ2n) is 4.75. The Bertz CT molecular complexity index is 603. The highest BCUT2D eigenvalue weighted by molar-refractivity contribution is 7.09. The monoisotopic (exact) mass is 293 g/mol. The summed E-state index contributed by atoms with van der Waals surface area (Å²) in [6, 6.07) is 1.82. The van der Waals surface area contributed by atoms with Crippen LogP contribution in [0.15, 0.2) is 17.6 Å². The van der Waals surface area contributed by atoms with Gasteiger partial charge in [-0.3, -0.25) is 4.79 Å². The predicted octanol–water partition coefficient (Wildman–Crippen LogP) is 1.96. The normalized spacial score (nSPS) is 12.4. The van der Waals surface area contributed by atoms with Gasteiger partial charge in [-0.05, 0) is 19.4 Å². The molecule has 1 amide bonds. The van der Waals surface area contributed by atoms with Gasteiger partial charge in [-0.15, -0.1) is 11.3 Å². The zero-order valence-corrected chi connectivity index (χ0v) is 12.7. The summed E-state index contributed by atoms with van der Waals surface area (Å²) in [5.74, 6) is -0.182. The highest BCUT2D eigenvalue weighted by atomic mass is 32.1. The molecule has 2 aromatic rings. The topological polar surface area (TPSA) is 67.2 Å². The molecule has 1 unspecified atom stereocenters. The number of hydrogen-bond acceptors (Lipinski definition) is 4. The van der Waals surface area contributed by atoms with Crippen molar-refractivity contribution in [2.24, 2.45) is 7.05 Å². The Kier molecular flexibility index (Phi) is 4.57. The number of thiazole rings is 1. The lowest BCUT2D eigenvalue weighted by molar-refractivity contribution is 0.0906. The van der Waals surface area contributed by atoms with Gasteiger partial charge < -0.3 is 15.0 Å². The van der Waals surface area contributed by atoms with Gasteiger partial charge in [-0.25, -0.2) is 4.98 Å². The van der Waals surface area contributed by atoms with Crippen LogP contribution in [0.4, 0.5) is 0 Å². The first-order valence-electron chi connectivity index (χ1n) is 6.56. The second-order valence-corrected chi connectivity index (χ2v) is 5.81. The van der Waals surface area contributed by atoms with Crippen molar-refractivity contribution in [3.05, 3.63) is 28.3 Å². The zero-order chi connectivity index (χ0) is 14.7. The SMILES string of the molecule is CCC(O)CNC(=O)c1cc(-c2csc(C)n2)cn1C. The molecule has 108 valence electrons. The van der Waals surface area contributed by atoms with E-state index < -0.39 is 6.10 Å². The van der Waals surface area contributed by atoms with Crippen molar-refractivity contribution in [3.8, 4) is 11.3 Å². The number of nitrogens with zero attached hydrogens (tertiary/aromatic N) is 2. The molecule has 2 heterocycles. The van der Waals surface area contributed by atoms with Crippen LogP contribution in [0.25, 0.3) is 11.3 Å². The van der Waals surface area contributed by atoms with Gasteiger partial charge in [0.05, 0.1) is 16.8 Å². The van der Waals surface area contributed by atoms with E-state index in [0.717, 1.165) is 16.3 Å². The lowest BCUT2D eigenvalue weighted by Crippen LogP contribution is -2.32. The fraction of sp³-hybridized carbons (Fsp3) is 0.429. The maximum absolute atomic E-state index is 12.1. The van der Waals surface area contributed by atoms with Crippen molar-refractivity contribution in [1.82, 2.24) is 14.9 Å². The lowest BCUT2D eigenvalue weighted by atomic mass is 10.2. The zero-order valence-electron chi connectivity index (χ0n) is 11.9. The highest BCUT2D eigenvalue weighted by Gasteiger charge is 2.14. The minimum absolute atomic E-state index is 0.182. The molecule has 5 nitrogen and oxygen atoms in total. The van der Waals surface area contributed by atoms with Gasteiger partial charge in [-0.2, -0.15) is 0 Å². The van der Waals surface area contributed by atoms with Gasteiger partial charge in [0, 0.05) is 30.7 Å². The van der Waals surface area contributed by atoms with Crippen molar-refractivity contribution in [3.63, 3.8) is 0 Å². The van der Waals surface area contributed by atoms with Crippen LogP contribution in [0, 0.1) is 6.92 Å². The lowest BCUT2D eigenvalue weighted by Gasteiger charge is -2.09. The fourth-order valence-corrected chi connectivity index (χ4v) is 2.49. The standard InChI is InChI=1S/C14H19N3O2S/c1-4-11(18)6-15-14(19)13-5-10(7-17(13)3)12-8-20-9(2)16-12/h5,7-8,11,18H,4,6H2,1-3H3,(H,15,19). The molecule has 6 heteroatoms. The van der Waals surface area contributed by atoms with E-state index in [1.54, 1.807) is 15.9 Å². The van der Waals surface area contributed by atoms with Gasteiger partial charge in [0.25, 0.3) is 5.91 Å². The quantitative estimate of drug-likeness (QED) is 0.885. The van der Waals surface area contributed by atoms with Crippen LogP contribution in [0.3, 0.4) is 0 Å². The Labute approximate surface area is 122 Å². The summed E-state index contributed by atoms with van der Waals surface area (Å²) in [6.45, 7) is 4.10. The van der Waals surface area contributed by atoms with E-state index in [-0.39, 0.29) is 12.5 Å². The minimum Gasteiger partial charge on any atom is -0.391 e. The van der Waals surface area contributed by atoms with Crippen molar-refractivity contribution in [2.45, 2.75) is 26.4 Å². The molecule has 0 aromatic carbocycles. The Morgan fingerprint density at radius 1 is 1.60 bits per heavy atom. The van der Waals surface area contributed by atoms with Gasteiger partial charge in [0.2, 0.25) is 0 Å². The maximum Gasteiger partial charge on any atom is 0.268 e. The predicted molar refractivity (Wildman–Crippen MR) is 79.9 cm³/mol. The Balaban J connectivity index is 2.13. The van der Waals surface area contributed by atoms with Crippen LogP contribution < -0.4 is 5.32 Å². The molecular formula is C14H19N3O2S. The largest absolute Gasteiger partial charge is 0.391 e. The molecule has 0 bridgehead atoms. The fourth-order valence-electron chi connectivity index (χ4n) is 1.87. The summed E-state index contributed by atoms with van der Waals surface area (Å²) in [5, 5.41) is 15.2. The molecule has 20 heavy (non-hydrogen) atoms. The first kappa shape index (κ1) is 14.7. The summed E-state index contributed by atoms with van der Waals surface area (Å²) < 4.78 is 1.78. The molecule has 0 spiro atoms. The maximum atomic E-state index is 12.1. The molecule has 2 rings (SSSR count). The van der Waals surface area contributed by atoms with Gasteiger partial charge >= 0.3 is 0 Å². The Morgan fingerprint density at radius 3 is 2.95 bits per heavy atom. The van der Waals surface area contributed by atoms with Crippen molar-refractivity contribution >= 4 is 17.2 Å². The number of aliphatic hydroxyl groups excluding tert-OH is 1. The van der Waals surface area contributed by atoms with E-state index in [0.29, 0.717) is 12.1 Å². The molecule has 2 aromatic heterocycles. The molecule has 0 aliphatic carbocycles. The highest BCUT2D eigenvalue weighted by Crippen LogP contribution is 2.23. The third kappa shape index (κ3) is 3.26. The molecule has 0 saturated heterocycles. The van der Waals surface area contributed by atoms with Crippen LogP contribution in [0.1, 0.15) is 28.8 Å². The van der Waals surface area contributed by atoms with Gasteiger partial charge in [-0.1, -0.05) is 6.92 Å². The average molecular weight is 293 g/mol. The number of carbonyl (C=O) groups is 1. The van der Waals surface area contributed by atoms with Gasteiger partial charge in [0.1, 0.15) is 5.69 Å². The Morgan fingerprint density at radius 2 is 2.35 bits per heavy atom. The molecule has 0 aliphatic rings. The second kappa shape index (κ2) is 6.19.